The zero-order valence-corrected chi connectivity index (χ0v) is 11.8. The highest BCUT2D eigenvalue weighted by Gasteiger charge is 2.30. The standard InChI is InChI=1S/C13H21N3O5/c17-11-8-14-10(7-15-11)13(20)16-4-1-9(2-5-16)21-6-3-12(18)19/h9-10,14H,1-8H2,(H,15,17)(H,18,19). The molecule has 2 fully saturated rings. The van der Waals surface area contributed by atoms with Crippen LogP contribution < -0.4 is 10.6 Å². The molecule has 2 amide bonds. The number of carbonyl (C=O) groups is 3. The number of nitrogens with zero attached hydrogens (tertiary/aromatic N) is 1. The van der Waals surface area contributed by atoms with Gasteiger partial charge in [-0.2, -0.15) is 0 Å². The summed E-state index contributed by atoms with van der Waals surface area (Å²) in [4.78, 5) is 35.5. The molecule has 2 aliphatic rings. The number of carboxylic acid groups (broad SMARTS) is 1. The molecule has 0 saturated carbocycles. The maximum atomic E-state index is 12.3. The second kappa shape index (κ2) is 7.37. The van der Waals surface area contributed by atoms with Gasteiger partial charge in [-0.1, -0.05) is 0 Å². The monoisotopic (exact) mass is 299 g/mol. The molecule has 118 valence electrons. The fraction of sp³-hybridized carbons (Fsp3) is 0.769. The molecule has 0 aromatic heterocycles. The fourth-order valence-corrected chi connectivity index (χ4v) is 2.52. The second-order valence-electron chi connectivity index (χ2n) is 5.28. The molecular formula is C13H21N3O5. The van der Waals surface area contributed by atoms with Crippen molar-refractivity contribution >= 4 is 17.8 Å². The van der Waals surface area contributed by atoms with Crippen molar-refractivity contribution in [3.8, 4) is 0 Å². The lowest BCUT2D eigenvalue weighted by Crippen LogP contribution is -2.59. The van der Waals surface area contributed by atoms with E-state index in [2.05, 4.69) is 10.6 Å². The third-order valence-corrected chi connectivity index (χ3v) is 3.73. The molecule has 0 aliphatic carbocycles. The minimum absolute atomic E-state index is 0.000939. The zero-order chi connectivity index (χ0) is 15.2. The highest BCUT2D eigenvalue weighted by Crippen LogP contribution is 2.15. The van der Waals surface area contributed by atoms with Gasteiger partial charge in [0.25, 0.3) is 0 Å². The number of hydrogen-bond donors (Lipinski definition) is 3. The van der Waals surface area contributed by atoms with E-state index in [4.69, 9.17) is 9.84 Å². The van der Waals surface area contributed by atoms with E-state index < -0.39 is 5.97 Å². The van der Waals surface area contributed by atoms with Gasteiger partial charge in [0.1, 0.15) is 6.04 Å². The third-order valence-electron chi connectivity index (χ3n) is 3.73. The zero-order valence-electron chi connectivity index (χ0n) is 11.8. The van der Waals surface area contributed by atoms with Crippen molar-refractivity contribution in [3.63, 3.8) is 0 Å². The summed E-state index contributed by atoms with van der Waals surface area (Å²) in [5.74, 6) is -0.961. The first-order valence-electron chi connectivity index (χ1n) is 7.18. The Hall–Kier alpha value is -1.67. The Labute approximate surface area is 122 Å². The summed E-state index contributed by atoms with van der Waals surface area (Å²) in [5, 5.41) is 14.1. The summed E-state index contributed by atoms with van der Waals surface area (Å²) in [7, 11) is 0. The molecule has 0 aromatic rings. The Kier molecular flexibility index (Phi) is 5.51. The number of carbonyl (C=O) groups excluding carboxylic acids is 2. The quantitative estimate of drug-likeness (QED) is 0.573. The van der Waals surface area contributed by atoms with Gasteiger partial charge in [0, 0.05) is 19.6 Å². The van der Waals surface area contributed by atoms with Crippen LogP contribution in [0.5, 0.6) is 0 Å². The summed E-state index contributed by atoms with van der Waals surface area (Å²) < 4.78 is 5.49. The first-order chi connectivity index (χ1) is 10.1. The average molecular weight is 299 g/mol. The largest absolute Gasteiger partial charge is 0.481 e. The third kappa shape index (κ3) is 4.68. The minimum atomic E-state index is -0.868. The first-order valence-corrected chi connectivity index (χ1v) is 7.18. The van der Waals surface area contributed by atoms with Crippen molar-refractivity contribution in [2.75, 3.05) is 32.8 Å². The molecule has 0 spiro atoms. The van der Waals surface area contributed by atoms with Crippen molar-refractivity contribution in [3.05, 3.63) is 0 Å². The van der Waals surface area contributed by atoms with E-state index in [1.54, 1.807) is 4.90 Å². The van der Waals surface area contributed by atoms with Crippen LogP contribution in [0.2, 0.25) is 0 Å². The van der Waals surface area contributed by atoms with E-state index >= 15 is 0 Å². The molecule has 0 radical (unpaired) electrons. The van der Waals surface area contributed by atoms with Crippen molar-refractivity contribution < 1.29 is 24.2 Å². The number of rotatable bonds is 5. The van der Waals surface area contributed by atoms with Gasteiger partial charge >= 0.3 is 5.97 Å². The molecule has 21 heavy (non-hydrogen) atoms. The molecule has 0 bridgehead atoms. The van der Waals surface area contributed by atoms with Crippen LogP contribution in [0.4, 0.5) is 0 Å². The van der Waals surface area contributed by atoms with Gasteiger partial charge in [0.15, 0.2) is 0 Å². The number of carboxylic acids is 1. The average Bonchev–Trinajstić information content (AvgIpc) is 2.48. The fourth-order valence-electron chi connectivity index (χ4n) is 2.52. The van der Waals surface area contributed by atoms with E-state index in [-0.39, 0.29) is 43.5 Å². The Morgan fingerprint density at radius 1 is 1.33 bits per heavy atom. The van der Waals surface area contributed by atoms with E-state index in [1.807, 2.05) is 0 Å². The maximum Gasteiger partial charge on any atom is 0.305 e. The molecule has 2 aliphatic heterocycles. The lowest BCUT2D eigenvalue weighted by atomic mass is 10.1. The van der Waals surface area contributed by atoms with Gasteiger partial charge in [0.05, 0.1) is 25.7 Å². The van der Waals surface area contributed by atoms with E-state index in [1.165, 1.54) is 0 Å². The lowest BCUT2D eigenvalue weighted by Gasteiger charge is -2.35. The lowest BCUT2D eigenvalue weighted by molar-refractivity contribution is -0.139. The molecule has 2 saturated heterocycles. The number of ether oxygens (including phenoxy) is 1. The summed E-state index contributed by atoms with van der Waals surface area (Å²) >= 11 is 0. The summed E-state index contributed by atoms with van der Waals surface area (Å²) in [5.41, 5.74) is 0. The van der Waals surface area contributed by atoms with E-state index in [9.17, 15) is 14.4 Å². The summed E-state index contributed by atoms with van der Waals surface area (Å²) in [6.45, 7) is 1.91. The number of piperidine rings is 1. The molecule has 8 heteroatoms. The van der Waals surface area contributed by atoms with Gasteiger partial charge < -0.3 is 20.1 Å². The summed E-state index contributed by atoms with van der Waals surface area (Å²) in [6, 6.07) is -0.354. The molecule has 2 heterocycles. The predicted molar refractivity (Wildman–Crippen MR) is 72.6 cm³/mol. The molecule has 1 atom stereocenters. The molecule has 1 unspecified atom stereocenters. The van der Waals surface area contributed by atoms with Gasteiger partial charge in [0.2, 0.25) is 11.8 Å². The second-order valence-corrected chi connectivity index (χ2v) is 5.28. The van der Waals surface area contributed by atoms with Crippen LogP contribution in [0.15, 0.2) is 0 Å². The molecular weight excluding hydrogens is 278 g/mol. The number of amides is 2. The van der Waals surface area contributed by atoms with E-state index in [0.29, 0.717) is 32.5 Å². The van der Waals surface area contributed by atoms with Crippen LogP contribution in [0, 0.1) is 0 Å². The number of nitrogens with one attached hydrogen (secondary N) is 2. The molecule has 3 N–H and O–H groups in total. The van der Waals surface area contributed by atoms with Gasteiger partial charge in [-0.15, -0.1) is 0 Å². The number of likely N-dealkylation sites (tertiary alicyclic amines) is 1. The van der Waals surface area contributed by atoms with Crippen molar-refractivity contribution in [1.29, 1.82) is 0 Å². The Balaban J connectivity index is 1.69. The van der Waals surface area contributed by atoms with Crippen LogP contribution in [0.1, 0.15) is 19.3 Å². The Morgan fingerprint density at radius 3 is 2.62 bits per heavy atom. The predicted octanol–water partition coefficient (Wildman–Crippen LogP) is -1.44. The van der Waals surface area contributed by atoms with Crippen LogP contribution in [-0.2, 0) is 19.1 Å². The first kappa shape index (κ1) is 15.7. The topological polar surface area (TPSA) is 108 Å². The Morgan fingerprint density at radius 2 is 2.05 bits per heavy atom. The minimum Gasteiger partial charge on any atom is -0.481 e. The number of piperazine rings is 1. The normalized spacial score (nSPS) is 23.7. The van der Waals surface area contributed by atoms with Crippen molar-refractivity contribution in [2.45, 2.75) is 31.4 Å². The SMILES string of the molecule is O=C(O)CCOC1CCN(C(=O)C2CNC(=O)CN2)CC1. The van der Waals surface area contributed by atoms with Gasteiger partial charge in [-0.25, -0.2) is 0 Å². The van der Waals surface area contributed by atoms with Crippen LogP contribution in [-0.4, -0.2) is 72.7 Å². The van der Waals surface area contributed by atoms with Gasteiger partial charge in [-0.3, -0.25) is 19.7 Å². The highest BCUT2D eigenvalue weighted by molar-refractivity contribution is 5.86. The highest BCUT2D eigenvalue weighted by atomic mass is 16.5. The summed E-state index contributed by atoms with van der Waals surface area (Å²) in [6.07, 6.45) is 1.45. The van der Waals surface area contributed by atoms with E-state index in [0.717, 1.165) is 0 Å². The molecule has 8 nitrogen and oxygen atoms in total. The van der Waals surface area contributed by atoms with Crippen molar-refractivity contribution in [1.82, 2.24) is 15.5 Å². The number of aliphatic carboxylic acids is 1. The van der Waals surface area contributed by atoms with Gasteiger partial charge in [-0.05, 0) is 12.8 Å². The molecule has 0 aromatic carbocycles. The van der Waals surface area contributed by atoms with Crippen molar-refractivity contribution in [2.24, 2.45) is 0 Å². The number of hydrogen-bond acceptors (Lipinski definition) is 5. The van der Waals surface area contributed by atoms with Crippen LogP contribution >= 0.6 is 0 Å². The van der Waals surface area contributed by atoms with Crippen LogP contribution in [0.3, 0.4) is 0 Å². The Bertz CT molecular complexity index is 397. The smallest absolute Gasteiger partial charge is 0.305 e. The molecule has 2 rings (SSSR count). The van der Waals surface area contributed by atoms with Crippen LogP contribution in [0.25, 0.3) is 0 Å². The maximum absolute atomic E-state index is 12.3.